The van der Waals surface area contributed by atoms with Crippen LogP contribution >= 0.6 is 0 Å². The van der Waals surface area contributed by atoms with Crippen molar-refractivity contribution >= 4 is 5.69 Å². The van der Waals surface area contributed by atoms with E-state index in [0.717, 1.165) is 17.5 Å². The van der Waals surface area contributed by atoms with Gasteiger partial charge in [-0.3, -0.25) is 0 Å². The maximum atomic E-state index is 5.91. The maximum absolute atomic E-state index is 5.91. The molecule has 1 aliphatic rings. The van der Waals surface area contributed by atoms with Gasteiger partial charge < -0.3 is 5.73 Å². The SMILES string of the molecule is Cc1cc(N)cc([C@H]2CCCC[C@@H]2C)c1. The highest BCUT2D eigenvalue weighted by molar-refractivity contribution is 5.45. The average molecular weight is 203 g/mol. The van der Waals surface area contributed by atoms with Crippen LogP contribution in [0.1, 0.15) is 49.7 Å². The van der Waals surface area contributed by atoms with Crippen LogP contribution in [0.2, 0.25) is 0 Å². The van der Waals surface area contributed by atoms with E-state index in [2.05, 4.69) is 32.0 Å². The van der Waals surface area contributed by atoms with Crippen molar-refractivity contribution in [1.82, 2.24) is 0 Å². The predicted molar refractivity (Wildman–Crippen MR) is 66.0 cm³/mol. The molecule has 1 aromatic rings. The van der Waals surface area contributed by atoms with Gasteiger partial charge in [-0.1, -0.05) is 32.3 Å². The number of aryl methyl sites for hydroxylation is 1. The van der Waals surface area contributed by atoms with Crippen molar-refractivity contribution in [3.05, 3.63) is 29.3 Å². The molecule has 2 N–H and O–H groups in total. The van der Waals surface area contributed by atoms with Gasteiger partial charge in [-0.15, -0.1) is 0 Å². The normalized spacial score (nSPS) is 26.5. The highest BCUT2D eigenvalue weighted by atomic mass is 14.5. The third-order valence-electron chi connectivity index (χ3n) is 3.66. The van der Waals surface area contributed by atoms with Crippen LogP contribution in [0.5, 0.6) is 0 Å². The number of anilines is 1. The van der Waals surface area contributed by atoms with E-state index in [1.165, 1.54) is 36.8 Å². The van der Waals surface area contributed by atoms with Gasteiger partial charge in [0.05, 0.1) is 0 Å². The van der Waals surface area contributed by atoms with Crippen molar-refractivity contribution in [3.63, 3.8) is 0 Å². The van der Waals surface area contributed by atoms with Gasteiger partial charge in [0, 0.05) is 5.69 Å². The summed E-state index contributed by atoms with van der Waals surface area (Å²) < 4.78 is 0. The molecule has 0 spiro atoms. The Kier molecular flexibility index (Phi) is 2.99. The monoisotopic (exact) mass is 203 g/mol. The zero-order valence-electron chi connectivity index (χ0n) is 9.79. The van der Waals surface area contributed by atoms with Crippen LogP contribution in [0.3, 0.4) is 0 Å². The maximum Gasteiger partial charge on any atom is 0.0319 e. The lowest BCUT2D eigenvalue weighted by atomic mass is 9.76. The van der Waals surface area contributed by atoms with Crippen molar-refractivity contribution in [2.75, 3.05) is 5.73 Å². The van der Waals surface area contributed by atoms with Crippen LogP contribution in [0.4, 0.5) is 5.69 Å². The Balaban J connectivity index is 2.27. The summed E-state index contributed by atoms with van der Waals surface area (Å²) in [5.74, 6) is 1.56. The van der Waals surface area contributed by atoms with Gasteiger partial charge in [0.2, 0.25) is 0 Å². The molecule has 15 heavy (non-hydrogen) atoms. The van der Waals surface area contributed by atoms with Crippen molar-refractivity contribution < 1.29 is 0 Å². The van der Waals surface area contributed by atoms with Crippen LogP contribution in [-0.4, -0.2) is 0 Å². The van der Waals surface area contributed by atoms with E-state index in [9.17, 15) is 0 Å². The summed E-state index contributed by atoms with van der Waals surface area (Å²) in [6.45, 7) is 4.51. The molecule has 0 radical (unpaired) electrons. The van der Waals surface area contributed by atoms with E-state index < -0.39 is 0 Å². The molecule has 0 aliphatic heterocycles. The van der Waals surface area contributed by atoms with Crippen molar-refractivity contribution in [2.24, 2.45) is 5.92 Å². The molecule has 0 aromatic heterocycles. The molecule has 82 valence electrons. The van der Waals surface area contributed by atoms with Crippen molar-refractivity contribution in [2.45, 2.75) is 45.4 Å². The molecule has 0 amide bonds. The smallest absolute Gasteiger partial charge is 0.0319 e. The minimum absolute atomic E-state index is 0.737. The molecule has 0 unspecified atom stereocenters. The van der Waals surface area contributed by atoms with E-state index in [0.29, 0.717) is 0 Å². The van der Waals surface area contributed by atoms with Gasteiger partial charge in [-0.25, -0.2) is 0 Å². The molecule has 1 saturated carbocycles. The highest BCUT2D eigenvalue weighted by Gasteiger charge is 2.22. The molecule has 0 heterocycles. The topological polar surface area (TPSA) is 26.0 Å². The zero-order valence-corrected chi connectivity index (χ0v) is 9.79. The quantitative estimate of drug-likeness (QED) is 0.689. The Hall–Kier alpha value is -0.980. The molecule has 0 saturated heterocycles. The molecular weight excluding hydrogens is 182 g/mol. The number of nitrogens with two attached hydrogens (primary N) is 1. The summed E-state index contributed by atoms with van der Waals surface area (Å²) in [7, 11) is 0. The fourth-order valence-corrected chi connectivity index (χ4v) is 2.87. The Labute approximate surface area is 92.7 Å². The lowest BCUT2D eigenvalue weighted by Crippen LogP contribution is -2.15. The second-order valence-corrected chi connectivity index (χ2v) is 5.05. The second-order valence-electron chi connectivity index (χ2n) is 5.05. The first kappa shape index (κ1) is 10.5. The molecule has 0 bridgehead atoms. The fourth-order valence-electron chi connectivity index (χ4n) is 2.87. The second kappa shape index (κ2) is 4.26. The summed E-state index contributed by atoms with van der Waals surface area (Å²) in [6.07, 6.45) is 5.49. The fraction of sp³-hybridized carbons (Fsp3) is 0.571. The summed E-state index contributed by atoms with van der Waals surface area (Å²) >= 11 is 0. The van der Waals surface area contributed by atoms with Gasteiger partial charge in [-0.2, -0.15) is 0 Å². The first-order chi connectivity index (χ1) is 7.16. The summed E-state index contributed by atoms with van der Waals surface area (Å²) in [5.41, 5.74) is 9.58. The standard InChI is InChI=1S/C14H21N/c1-10-7-12(9-13(15)8-10)14-6-4-3-5-11(14)2/h7-9,11,14H,3-6,15H2,1-2H3/t11-,14-/m0/s1. The van der Waals surface area contributed by atoms with Crippen molar-refractivity contribution in [1.29, 1.82) is 0 Å². The van der Waals surface area contributed by atoms with Gasteiger partial charge in [0.1, 0.15) is 0 Å². The number of hydrogen-bond donors (Lipinski definition) is 1. The Morgan fingerprint density at radius 2 is 1.87 bits per heavy atom. The number of benzene rings is 1. The van der Waals surface area contributed by atoms with Gasteiger partial charge in [-0.05, 0) is 48.4 Å². The zero-order chi connectivity index (χ0) is 10.8. The molecule has 1 aliphatic carbocycles. The highest BCUT2D eigenvalue weighted by Crippen LogP contribution is 2.38. The Morgan fingerprint density at radius 3 is 2.53 bits per heavy atom. The largest absolute Gasteiger partial charge is 0.399 e. The lowest BCUT2D eigenvalue weighted by Gasteiger charge is -2.29. The minimum Gasteiger partial charge on any atom is -0.399 e. The molecule has 1 heteroatoms. The van der Waals surface area contributed by atoms with Crippen LogP contribution in [0.25, 0.3) is 0 Å². The van der Waals surface area contributed by atoms with Gasteiger partial charge in [0.15, 0.2) is 0 Å². The first-order valence-corrected chi connectivity index (χ1v) is 6.04. The molecule has 1 nitrogen and oxygen atoms in total. The van der Waals surface area contributed by atoms with Gasteiger partial charge >= 0.3 is 0 Å². The Morgan fingerprint density at radius 1 is 1.13 bits per heavy atom. The van der Waals surface area contributed by atoms with Crippen LogP contribution < -0.4 is 5.73 Å². The summed E-state index contributed by atoms with van der Waals surface area (Å²) in [5, 5.41) is 0. The summed E-state index contributed by atoms with van der Waals surface area (Å²) in [6, 6.07) is 6.53. The average Bonchev–Trinajstić information content (AvgIpc) is 2.16. The van der Waals surface area contributed by atoms with E-state index in [1.54, 1.807) is 0 Å². The van der Waals surface area contributed by atoms with Crippen LogP contribution in [0, 0.1) is 12.8 Å². The number of hydrogen-bond acceptors (Lipinski definition) is 1. The number of rotatable bonds is 1. The minimum atomic E-state index is 0.737. The van der Waals surface area contributed by atoms with E-state index in [1.807, 2.05) is 0 Å². The van der Waals surface area contributed by atoms with E-state index >= 15 is 0 Å². The first-order valence-electron chi connectivity index (χ1n) is 6.04. The molecule has 2 atom stereocenters. The Bertz CT molecular complexity index is 323. The number of nitrogen functional groups attached to an aromatic ring is 1. The molecular formula is C14H21N. The van der Waals surface area contributed by atoms with E-state index in [4.69, 9.17) is 5.73 Å². The summed E-state index contributed by atoms with van der Waals surface area (Å²) in [4.78, 5) is 0. The van der Waals surface area contributed by atoms with Gasteiger partial charge in [0.25, 0.3) is 0 Å². The lowest BCUT2D eigenvalue weighted by molar-refractivity contribution is 0.330. The predicted octanol–water partition coefficient (Wildman–Crippen LogP) is 3.87. The third kappa shape index (κ3) is 2.34. The molecule has 1 aromatic carbocycles. The van der Waals surface area contributed by atoms with E-state index in [-0.39, 0.29) is 0 Å². The molecule has 2 rings (SSSR count). The molecule has 1 fully saturated rings. The van der Waals surface area contributed by atoms with Crippen LogP contribution in [-0.2, 0) is 0 Å². The van der Waals surface area contributed by atoms with Crippen molar-refractivity contribution in [3.8, 4) is 0 Å². The third-order valence-corrected chi connectivity index (χ3v) is 3.66. The van der Waals surface area contributed by atoms with Crippen LogP contribution in [0.15, 0.2) is 18.2 Å².